The van der Waals surface area contributed by atoms with Crippen LogP contribution in [0.15, 0.2) is 48.9 Å². The first-order valence-corrected chi connectivity index (χ1v) is 6.03. The molecule has 6 nitrogen and oxygen atoms in total. The second kappa shape index (κ2) is 5.03. The van der Waals surface area contributed by atoms with Crippen molar-refractivity contribution in [1.82, 2.24) is 24.8 Å². The molecule has 96 valence electrons. The highest BCUT2D eigenvalue weighted by molar-refractivity contribution is 5.33. The highest BCUT2D eigenvalue weighted by atomic mass is 15.4. The van der Waals surface area contributed by atoms with E-state index in [1.54, 1.807) is 10.9 Å². The molecule has 0 unspecified atom stereocenters. The van der Waals surface area contributed by atoms with Gasteiger partial charge in [-0.25, -0.2) is 9.36 Å². The van der Waals surface area contributed by atoms with Crippen molar-refractivity contribution in [3.8, 4) is 5.69 Å². The summed E-state index contributed by atoms with van der Waals surface area (Å²) in [5.74, 6) is 0. The summed E-state index contributed by atoms with van der Waals surface area (Å²) in [6.07, 6.45) is 5.54. The van der Waals surface area contributed by atoms with Crippen LogP contribution in [0.1, 0.15) is 11.3 Å². The van der Waals surface area contributed by atoms with Crippen LogP contribution in [0.25, 0.3) is 5.69 Å². The zero-order chi connectivity index (χ0) is 13.1. The third-order valence-corrected chi connectivity index (χ3v) is 2.85. The van der Waals surface area contributed by atoms with Crippen molar-refractivity contribution in [1.29, 1.82) is 0 Å². The number of hydrogen-bond acceptors (Lipinski definition) is 4. The molecule has 6 heteroatoms. The van der Waals surface area contributed by atoms with E-state index in [1.165, 1.54) is 0 Å². The van der Waals surface area contributed by atoms with E-state index in [-0.39, 0.29) is 0 Å². The van der Waals surface area contributed by atoms with E-state index in [9.17, 15) is 0 Å². The fraction of sp³-hybridized carbons (Fsp3) is 0.154. The van der Waals surface area contributed by atoms with Gasteiger partial charge in [-0.15, -0.1) is 5.10 Å². The molecule has 2 heterocycles. The molecule has 0 fully saturated rings. The lowest BCUT2D eigenvalue weighted by molar-refractivity contribution is 0.649. The smallest absolute Gasteiger partial charge is 0.0962 e. The van der Waals surface area contributed by atoms with E-state index in [0.717, 1.165) is 16.9 Å². The highest BCUT2D eigenvalue weighted by Crippen LogP contribution is 2.09. The van der Waals surface area contributed by atoms with E-state index in [0.29, 0.717) is 13.1 Å². The molecule has 0 aliphatic carbocycles. The summed E-state index contributed by atoms with van der Waals surface area (Å²) >= 11 is 0. The zero-order valence-corrected chi connectivity index (χ0v) is 10.3. The molecule has 0 radical (unpaired) electrons. The molecule has 19 heavy (non-hydrogen) atoms. The van der Waals surface area contributed by atoms with Crippen molar-refractivity contribution in [2.75, 3.05) is 0 Å². The van der Waals surface area contributed by atoms with E-state index in [2.05, 4.69) is 27.5 Å². The van der Waals surface area contributed by atoms with Crippen LogP contribution < -0.4 is 5.73 Å². The first-order valence-electron chi connectivity index (χ1n) is 6.03. The van der Waals surface area contributed by atoms with Gasteiger partial charge in [-0.1, -0.05) is 17.3 Å². The van der Waals surface area contributed by atoms with E-state index in [4.69, 9.17) is 5.73 Å². The third kappa shape index (κ3) is 2.53. The largest absolute Gasteiger partial charge is 0.325 e. The van der Waals surface area contributed by atoms with Crippen molar-refractivity contribution in [2.24, 2.45) is 5.73 Å². The van der Waals surface area contributed by atoms with Gasteiger partial charge in [0, 0.05) is 18.9 Å². The molecule has 0 amide bonds. The minimum Gasteiger partial charge on any atom is -0.325 e. The molecular weight excluding hydrogens is 240 g/mol. The Bertz CT molecular complexity index is 638. The molecule has 0 bridgehead atoms. The second-order valence-corrected chi connectivity index (χ2v) is 4.23. The number of hydrogen-bond donors (Lipinski definition) is 1. The number of nitrogens with two attached hydrogens (primary N) is 1. The van der Waals surface area contributed by atoms with Gasteiger partial charge in [-0.05, 0) is 23.8 Å². The summed E-state index contributed by atoms with van der Waals surface area (Å²) in [5.41, 5.74) is 8.50. The van der Waals surface area contributed by atoms with Crippen LogP contribution in [0.5, 0.6) is 0 Å². The maximum absolute atomic E-state index is 5.51. The molecule has 0 atom stereocenters. The molecule has 0 saturated heterocycles. The zero-order valence-electron chi connectivity index (χ0n) is 10.3. The van der Waals surface area contributed by atoms with Crippen molar-refractivity contribution in [2.45, 2.75) is 13.1 Å². The van der Waals surface area contributed by atoms with Gasteiger partial charge in [0.1, 0.15) is 0 Å². The van der Waals surface area contributed by atoms with Gasteiger partial charge in [0.05, 0.1) is 24.1 Å². The Labute approximate surface area is 110 Å². The summed E-state index contributed by atoms with van der Waals surface area (Å²) in [5, 5.41) is 12.2. The maximum Gasteiger partial charge on any atom is 0.0962 e. The number of benzene rings is 1. The standard InChI is InChI=1S/C13H14N6/c14-8-12-10-18(17-16-12)9-11-2-4-13(5-3-11)19-7-1-6-15-19/h1-7,10H,8-9,14H2. The Hall–Kier alpha value is -2.47. The Morgan fingerprint density at radius 2 is 2.00 bits per heavy atom. The van der Waals surface area contributed by atoms with Crippen molar-refractivity contribution < 1.29 is 0 Å². The fourth-order valence-corrected chi connectivity index (χ4v) is 1.87. The Morgan fingerprint density at radius 1 is 1.16 bits per heavy atom. The minimum atomic E-state index is 0.415. The fourth-order valence-electron chi connectivity index (χ4n) is 1.87. The number of nitrogens with zero attached hydrogens (tertiary/aromatic N) is 5. The summed E-state index contributed by atoms with van der Waals surface area (Å²) in [4.78, 5) is 0. The van der Waals surface area contributed by atoms with Crippen LogP contribution in [0.3, 0.4) is 0 Å². The molecule has 0 spiro atoms. The molecular formula is C13H14N6. The molecule has 0 aliphatic rings. The SMILES string of the molecule is NCc1cn(Cc2ccc(-n3cccn3)cc2)nn1. The van der Waals surface area contributed by atoms with Gasteiger partial charge in [0.25, 0.3) is 0 Å². The van der Waals surface area contributed by atoms with E-state index in [1.807, 2.05) is 35.3 Å². The summed E-state index contributed by atoms with van der Waals surface area (Å²) < 4.78 is 3.61. The van der Waals surface area contributed by atoms with Crippen LogP contribution >= 0.6 is 0 Å². The normalized spacial score (nSPS) is 10.8. The maximum atomic E-state index is 5.51. The lowest BCUT2D eigenvalue weighted by Crippen LogP contribution is -2.01. The first-order chi connectivity index (χ1) is 9.35. The molecule has 3 aromatic rings. The van der Waals surface area contributed by atoms with Gasteiger partial charge < -0.3 is 5.73 Å². The number of aromatic nitrogens is 5. The monoisotopic (exact) mass is 254 g/mol. The lowest BCUT2D eigenvalue weighted by Gasteiger charge is -2.04. The quantitative estimate of drug-likeness (QED) is 0.753. The second-order valence-electron chi connectivity index (χ2n) is 4.23. The van der Waals surface area contributed by atoms with Gasteiger partial charge in [0.15, 0.2) is 0 Å². The predicted molar refractivity (Wildman–Crippen MR) is 70.6 cm³/mol. The predicted octanol–water partition coefficient (Wildman–Crippen LogP) is 0.971. The Balaban J connectivity index is 1.75. The number of rotatable bonds is 4. The molecule has 0 saturated carbocycles. The first kappa shape index (κ1) is 11.6. The average molecular weight is 254 g/mol. The molecule has 2 N–H and O–H groups in total. The van der Waals surface area contributed by atoms with Crippen LogP contribution in [0.4, 0.5) is 0 Å². The topological polar surface area (TPSA) is 74.5 Å². The van der Waals surface area contributed by atoms with Gasteiger partial charge >= 0.3 is 0 Å². The summed E-state index contributed by atoms with van der Waals surface area (Å²) in [6, 6.07) is 10.1. The van der Waals surface area contributed by atoms with E-state index < -0.39 is 0 Å². The average Bonchev–Trinajstić information content (AvgIpc) is 3.10. The third-order valence-electron chi connectivity index (χ3n) is 2.85. The lowest BCUT2D eigenvalue weighted by atomic mass is 10.2. The van der Waals surface area contributed by atoms with Crippen LogP contribution in [-0.2, 0) is 13.1 Å². The van der Waals surface area contributed by atoms with Crippen LogP contribution in [0, 0.1) is 0 Å². The molecule has 3 rings (SSSR count). The van der Waals surface area contributed by atoms with Gasteiger partial charge in [-0.3, -0.25) is 0 Å². The Morgan fingerprint density at radius 3 is 2.63 bits per heavy atom. The van der Waals surface area contributed by atoms with Crippen LogP contribution in [0.2, 0.25) is 0 Å². The van der Waals surface area contributed by atoms with Gasteiger partial charge in [-0.2, -0.15) is 5.10 Å². The highest BCUT2D eigenvalue weighted by Gasteiger charge is 2.01. The molecule has 1 aromatic carbocycles. The van der Waals surface area contributed by atoms with Crippen molar-refractivity contribution in [3.63, 3.8) is 0 Å². The summed E-state index contributed by atoms with van der Waals surface area (Å²) in [6.45, 7) is 1.10. The summed E-state index contributed by atoms with van der Waals surface area (Å²) in [7, 11) is 0. The van der Waals surface area contributed by atoms with E-state index >= 15 is 0 Å². The molecule has 2 aromatic heterocycles. The Kier molecular flexibility index (Phi) is 3.07. The van der Waals surface area contributed by atoms with Crippen molar-refractivity contribution >= 4 is 0 Å². The van der Waals surface area contributed by atoms with Crippen LogP contribution in [-0.4, -0.2) is 24.8 Å². The van der Waals surface area contributed by atoms with Gasteiger partial charge in [0.2, 0.25) is 0 Å². The minimum absolute atomic E-state index is 0.415. The molecule has 0 aliphatic heterocycles. The van der Waals surface area contributed by atoms with Crippen molar-refractivity contribution in [3.05, 3.63) is 60.2 Å².